The number of nitrogens with zero attached hydrogens (tertiary/aromatic N) is 2. The normalized spacial score (nSPS) is 18.7. The Kier molecular flexibility index (Phi) is 4.35. The highest BCUT2D eigenvalue weighted by Gasteiger charge is 2.50. The van der Waals surface area contributed by atoms with E-state index < -0.39 is 41.5 Å². The summed E-state index contributed by atoms with van der Waals surface area (Å²) in [5.41, 5.74) is -2.11. The fourth-order valence-corrected chi connectivity index (χ4v) is 3.26. The lowest BCUT2D eigenvalue weighted by atomic mass is 9.89. The molecule has 0 fully saturated rings. The van der Waals surface area contributed by atoms with Crippen LogP contribution < -0.4 is 0 Å². The molecular weight excluding hydrogens is 371 g/mol. The maximum atomic E-state index is 13.8. The van der Waals surface area contributed by atoms with Gasteiger partial charge in [0.25, 0.3) is 5.92 Å². The highest BCUT2D eigenvalue weighted by molar-refractivity contribution is 6.00. The Morgan fingerprint density at radius 2 is 2.04 bits per heavy atom. The third-order valence-corrected chi connectivity index (χ3v) is 4.58. The van der Waals surface area contributed by atoms with Gasteiger partial charge in [0.2, 0.25) is 0 Å². The molecule has 0 saturated heterocycles. The SMILES string of the molecule is [C-]#[N+]c1ccc(-n2cc(C(F)(F)F)c3c2CCC(F)(F)C3O)cc1C(C)=O. The van der Waals surface area contributed by atoms with Crippen LogP contribution in [-0.2, 0) is 12.6 Å². The van der Waals surface area contributed by atoms with Crippen molar-refractivity contribution in [3.8, 4) is 5.69 Å². The number of hydrogen-bond acceptors (Lipinski definition) is 2. The zero-order valence-electron chi connectivity index (χ0n) is 13.9. The maximum Gasteiger partial charge on any atom is 0.418 e. The van der Waals surface area contributed by atoms with E-state index in [2.05, 4.69) is 4.85 Å². The Balaban J connectivity index is 2.27. The van der Waals surface area contributed by atoms with Gasteiger partial charge >= 0.3 is 6.18 Å². The van der Waals surface area contributed by atoms with Crippen LogP contribution in [0.15, 0.2) is 24.4 Å². The van der Waals surface area contributed by atoms with Crippen LogP contribution in [0.4, 0.5) is 27.6 Å². The average Bonchev–Trinajstić information content (AvgIpc) is 2.98. The van der Waals surface area contributed by atoms with Crippen LogP contribution in [0.25, 0.3) is 10.5 Å². The van der Waals surface area contributed by atoms with Crippen molar-refractivity contribution in [3.63, 3.8) is 0 Å². The van der Waals surface area contributed by atoms with E-state index in [4.69, 9.17) is 6.57 Å². The van der Waals surface area contributed by atoms with Crippen molar-refractivity contribution in [2.24, 2.45) is 0 Å². The van der Waals surface area contributed by atoms with Crippen LogP contribution in [0.1, 0.15) is 46.6 Å². The summed E-state index contributed by atoms with van der Waals surface area (Å²) in [5.74, 6) is -4.12. The van der Waals surface area contributed by atoms with Gasteiger partial charge in [-0.2, -0.15) is 13.2 Å². The van der Waals surface area contributed by atoms with Gasteiger partial charge in [0.05, 0.1) is 12.1 Å². The Hall–Kier alpha value is -2.73. The molecule has 1 unspecified atom stereocenters. The highest BCUT2D eigenvalue weighted by atomic mass is 19.4. The molecule has 27 heavy (non-hydrogen) atoms. The molecule has 0 spiro atoms. The van der Waals surface area contributed by atoms with Gasteiger partial charge in [-0.1, -0.05) is 6.07 Å². The molecule has 1 aliphatic rings. The van der Waals surface area contributed by atoms with Gasteiger partial charge in [0, 0.05) is 35.1 Å². The summed E-state index contributed by atoms with van der Waals surface area (Å²) in [6.07, 6.45) is -8.05. The van der Waals surface area contributed by atoms with E-state index in [0.717, 1.165) is 4.57 Å². The maximum absolute atomic E-state index is 13.8. The molecule has 142 valence electrons. The van der Waals surface area contributed by atoms with Gasteiger partial charge < -0.3 is 9.67 Å². The van der Waals surface area contributed by atoms with E-state index in [0.29, 0.717) is 6.20 Å². The number of ketones is 1. The lowest BCUT2D eigenvalue weighted by Crippen LogP contribution is -2.33. The third-order valence-electron chi connectivity index (χ3n) is 4.58. The van der Waals surface area contributed by atoms with Gasteiger partial charge in [-0.25, -0.2) is 13.6 Å². The molecule has 3 rings (SSSR count). The van der Waals surface area contributed by atoms with Gasteiger partial charge in [0.15, 0.2) is 5.69 Å². The molecule has 1 aromatic carbocycles. The molecule has 1 aliphatic carbocycles. The number of hydrogen-bond donors (Lipinski definition) is 1. The summed E-state index contributed by atoms with van der Waals surface area (Å²) in [6, 6.07) is 3.86. The Labute approximate surface area is 150 Å². The molecule has 0 bridgehead atoms. The molecule has 0 aliphatic heterocycles. The van der Waals surface area contributed by atoms with Crippen molar-refractivity contribution in [1.82, 2.24) is 4.57 Å². The van der Waals surface area contributed by atoms with Crippen LogP contribution in [0.2, 0.25) is 0 Å². The lowest BCUT2D eigenvalue weighted by Gasteiger charge is -2.29. The number of aliphatic hydroxyl groups excluding tert-OH is 1. The van der Waals surface area contributed by atoms with Gasteiger partial charge in [0.1, 0.15) is 11.9 Å². The highest BCUT2D eigenvalue weighted by Crippen LogP contribution is 2.48. The average molecular weight is 384 g/mol. The van der Waals surface area contributed by atoms with Crippen molar-refractivity contribution in [3.05, 3.63) is 58.2 Å². The van der Waals surface area contributed by atoms with Crippen LogP contribution in [0.3, 0.4) is 0 Å². The smallest absolute Gasteiger partial charge is 0.382 e. The van der Waals surface area contributed by atoms with Crippen molar-refractivity contribution in [2.45, 2.75) is 38.0 Å². The van der Waals surface area contributed by atoms with Crippen molar-refractivity contribution < 1.29 is 31.9 Å². The number of alkyl halides is 5. The van der Waals surface area contributed by atoms with Crippen LogP contribution in [-0.4, -0.2) is 21.4 Å². The summed E-state index contributed by atoms with van der Waals surface area (Å²) in [7, 11) is 0. The summed E-state index contributed by atoms with van der Waals surface area (Å²) in [6.45, 7) is 8.27. The minimum absolute atomic E-state index is 0.0141. The quantitative estimate of drug-likeness (QED) is 0.457. The van der Waals surface area contributed by atoms with Crippen LogP contribution in [0.5, 0.6) is 0 Å². The second-order valence-electron chi connectivity index (χ2n) is 6.30. The van der Waals surface area contributed by atoms with E-state index in [1.807, 2.05) is 0 Å². The number of fused-ring (bicyclic) bond motifs is 1. The van der Waals surface area contributed by atoms with Gasteiger partial charge in [-0.05, 0) is 25.5 Å². The minimum Gasteiger partial charge on any atom is -0.382 e. The molecule has 9 heteroatoms. The van der Waals surface area contributed by atoms with Crippen LogP contribution >= 0.6 is 0 Å². The van der Waals surface area contributed by atoms with Gasteiger partial charge in [-0.15, -0.1) is 0 Å². The van der Waals surface area contributed by atoms with E-state index in [9.17, 15) is 31.9 Å². The third kappa shape index (κ3) is 3.10. The Morgan fingerprint density at radius 3 is 2.59 bits per heavy atom. The number of benzene rings is 1. The first-order chi connectivity index (χ1) is 12.5. The molecule has 1 aromatic heterocycles. The van der Waals surface area contributed by atoms with Crippen LogP contribution in [0, 0.1) is 6.57 Å². The van der Waals surface area contributed by atoms with Crippen molar-refractivity contribution >= 4 is 11.5 Å². The lowest BCUT2D eigenvalue weighted by molar-refractivity contribution is -0.147. The largest absolute Gasteiger partial charge is 0.418 e. The summed E-state index contributed by atoms with van der Waals surface area (Å²) >= 11 is 0. The molecule has 1 N–H and O–H groups in total. The number of aromatic nitrogens is 1. The second kappa shape index (κ2) is 6.16. The second-order valence-corrected chi connectivity index (χ2v) is 6.30. The molecule has 1 heterocycles. The first kappa shape index (κ1) is 19.0. The standard InChI is InChI=1S/C18H13F5N2O2/c1-9(26)11-7-10(3-4-13(11)24-2)25-8-12(18(21,22)23)15-14(25)5-6-17(19,20)16(15)27/h3-4,7-8,16,27H,5-6H2,1H3. The van der Waals surface area contributed by atoms with E-state index in [1.54, 1.807) is 0 Å². The fourth-order valence-electron chi connectivity index (χ4n) is 3.26. The number of carbonyl (C=O) groups excluding carboxylic acids is 1. The minimum atomic E-state index is -4.94. The van der Waals surface area contributed by atoms with E-state index >= 15 is 0 Å². The number of carbonyl (C=O) groups is 1. The van der Waals surface area contributed by atoms with E-state index in [1.165, 1.54) is 25.1 Å². The predicted octanol–water partition coefficient (Wildman–Crippen LogP) is 4.86. The zero-order chi connectivity index (χ0) is 20.1. The number of halogens is 5. The number of aliphatic hydroxyl groups is 1. The van der Waals surface area contributed by atoms with Crippen molar-refractivity contribution in [2.75, 3.05) is 0 Å². The summed E-state index contributed by atoms with van der Waals surface area (Å²) < 4.78 is 68.9. The topological polar surface area (TPSA) is 46.6 Å². The number of rotatable bonds is 2. The van der Waals surface area contributed by atoms with Crippen molar-refractivity contribution in [1.29, 1.82) is 0 Å². The molecule has 0 radical (unpaired) electrons. The zero-order valence-corrected chi connectivity index (χ0v) is 13.9. The summed E-state index contributed by atoms with van der Waals surface area (Å²) in [4.78, 5) is 14.9. The van der Waals surface area contributed by atoms with E-state index in [-0.39, 0.29) is 29.1 Å². The fraction of sp³-hybridized carbons (Fsp3) is 0.333. The Morgan fingerprint density at radius 1 is 1.37 bits per heavy atom. The molecule has 4 nitrogen and oxygen atoms in total. The molecule has 0 saturated carbocycles. The molecular formula is C18H13F5N2O2. The first-order valence-electron chi connectivity index (χ1n) is 7.87. The Bertz CT molecular complexity index is 969. The molecule has 2 aromatic rings. The first-order valence-corrected chi connectivity index (χ1v) is 7.87. The monoisotopic (exact) mass is 384 g/mol. The number of Topliss-reactive ketones (excluding diaryl/α,β-unsaturated/α-hetero) is 1. The molecule has 0 amide bonds. The van der Waals surface area contributed by atoms with Gasteiger partial charge in [-0.3, -0.25) is 4.79 Å². The molecule has 1 atom stereocenters. The predicted molar refractivity (Wildman–Crippen MR) is 85.3 cm³/mol. The summed E-state index contributed by atoms with van der Waals surface area (Å²) in [5, 5.41) is 9.86.